The van der Waals surface area contributed by atoms with Gasteiger partial charge in [0.1, 0.15) is 11.9 Å². The average molecular weight is 376 g/mol. The standard InChI is InChI=1S/C20H24N8/c1-13-9-15-16(10-14(13)2)28(12-23-15)19-25-17(22-3)24-18(26-19)27-20(11-21)7-5-4-6-8-20/h9-10,12H,4-8H2,1-3H3,(H2,22,24,25,26,27). The Morgan fingerprint density at radius 3 is 2.46 bits per heavy atom. The third kappa shape index (κ3) is 3.24. The fourth-order valence-corrected chi connectivity index (χ4v) is 3.70. The molecular weight excluding hydrogens is 352 g/mol. The van der Waals surface area contributed by atoms with Crippen LogP contribution in [0.3, 0.4) is 0 Å². The maximum atomic E-state index is 9.77. The van der Waals surface area contributed by atoms with Crippen LogP contribution in [0.2, 0.25) is 0 Å². The van der Waals surface area contributed by atoms with Gasteiger partial charge in [0, 0.05) is 7.05 Å². The Bertz CT molecular complexity index is 1060. The molecule has 1 aromatic carbocycles. The number of hydrogen-bond acceptors (Lipinski definition) is 7. The number of imidazole rings is 1. The molecular formula is C20H24N8. The zero-order chi connectivity index (χ0) is 19.7. The molecule has 28 heavy (non-hydrogen) atoms. The fraction of sp³-hybridized carbons (Fsp3) is 0.450. The largest absolute Gasteiger partial charge is 0.357 e. The number of aromatic nitrogens is 5. The molecule has 2 N–H and O–H groups in total. The van der Waals surface area contributed by atoms with E-state index in [9.17, 15) is 5.26 Å². The molecule has 0 amide bonds. The highest BCUT2D eigenvalue weighted by molar-refractivity contribution is 5.78. The van der Waals surface area contributed by atoms with Gasteiger partial charge < -0.3 is 10.6 Å². The first kappa shape index (κ1) is 18.2. The third-order valence-electron chi connectivity index (χ3n) is 5.50. The van der Waals surface area contributed by atoms with Crippen molar-refractivity contribution in [2.24, 2.45) is 0 Å². The summed E-state index contributed by atoms with van der Waals surface area (Å²) >= 11 is 0. The minimum absolute atomic E-state index is 0.406. The Hall–Kier alpha value is -3.21. The Morgan fingerprint density at radius 1 is 1.04 bits per heavy atom. The number of nitrogens with one attached hydrogen (secondary N) is 2. The van der Waals surface area contributed by atoms with Gasteiger partial charge in [-0.2, -0.15) is 20.2 Å². The second-order valence-electron chi connectivity index (χ2n) is 7.45. The van der Waals surface area contributed by atoms with Crippen molar-refractivity contribution in [3.05, 3.63) is 29.6 Å². The van der Waals surface area contributed by atoms with Crippen LogP contribution in [-0.4, -0.2) is 37.1 Å². The van der Waals surface area contributed by atoms with E-state index in [-0.39, 0.29) is 0 Å². The van der Waals surface area contributed by atoms with E-state index in [4.69, 9.17) is 0 Å². The van der Waals surface area contributed by atoms with Gasteiger partial charge >= 0.3 is 0 Å². The Morgan fingerprint density at radius 2 is 1.75 bits per heavy atom. The van der Waals surface area contributed by atoms with Gasteiger partial charge in [-0.05, 0) is 49.9 Å². The number of fused-ring (bicyclic) bond motifs is 1. The van der Waals surface area contributed by atoms with Gasteiger partial charge in [-0.3, -0.25) is 4.57 Å². The smallest absolute Gasteiger partial charge is 0.242 e. The van der Waals surface area contributed by atoms with Crippen molar-refractivity contribution < 1.29 is 0 Å². The molecule has 0 spiro atoms. The summed E-state index contributed by atoms with van der Waals surface area (Å²) in [5, 5.41) is 16.0. The summed E-state index contributed by atoms with van der Waals surface area (Å²) in [5.74, 6) is 1.32. The molecule has 0 saturated heterocycles. The van der Waals surface area contributed by atoms with E-state index in [2.05, 4.69) is 62.6 Å². The van der Waals surface area contributed by atoms with E-state index < -0.39 is 5.54 Å². The first-order valence-corrected chi connectivity index (χ1v) is 9.61. The topological polar surface area (TPSA) is 104 Å². The zero-order valence-electron chi connectivity index (χ0n) is 16.5. The number of nitriles is 1. The van der Waals surface area contributed by atoms with E-state index in [1.807, 2.05) is 4.57 Å². The molecule has 1 saturated carbocycles. The van der Waals surface area contributed by atoms with Crippen LogP contribution in [-0.2, 0) is 0 Å². The van der Waals surface area contributed by atoms with Crippen molar-refractivity contribution >= 4 is 22.9 Å². The van der Waals surface area contributed by atoms with Gasteiger partial charge in [0.15, 0.2) is 0 Å². The molecule has 0 aliphatic heterocycles. The molecule has 4 rings (SSSR count). The average Bonchev–Trinajstić information content (AvgIpc) is 3.11. The normalized spacial score (nSPS) is 15.9. The maximum Gasteiger partial charge on any atom is 0.242 e. The predicted octanol–water partition coefficient (Wildman–Crippen LogP) is 3.51. The second-order valence-corrected chi connectivity index (χ2v) is 7.45. The van der Waals surface area contributed by atoms with E-state index in [0.717, 1.165) is 43.1 Å². The van der Waals surface area contributed by atoms with Crippen molar-refractivity contribution in [2.45, 2.75) is 51.5 Å². The van der Waals surface area contributed by atoms with Crippen molar-refractivity contribution in [1.29, 1.82) is 5.26 Å². The predicted molar refractivity (Wildman–Crippen MR) is 109 cm³/mol. The monoisotopic (exact) mass is 376 g/mol. The summed E-state index contributed by atoms with van der Waals surface area (Å²) in [6, 6.07) is 6.60. The Balaban J connectivity index is 1.78. The summed E-state index contributed by atoms with van der Waals surface area (Å²) < 4.78 is 1.86. The lowest BCUT2D eigenvalue weighted by Crippen LogP contribution is -2.39. The maximum absolute atomic E-state index is 9.77. The van der Waals surface area contributed by atoms with Crippen molar-refractivity contribution in [3.8, 4) is 12.0 Å². The quantitative estimate of drug-likeness (QED) is 0.718. The number of anilines is 2. The third-order valence-corrected chi connectivity index (χ3v) is 5.50. The molecule has 3 aromatic rings. The summed E-state index contributed by atoms with van der Waals surface area (Å²) in [6.45, 7) is 4.15. The fourth-order valence-electron chi connectivity index (χ4n) is 3.70. The van der Waals surface area contributed by atoms with Crippen LogP contribution >= 0.6 is 0 Å². The second kappa shape index (κ2) is 7.08. The Kier molecular flexibility index (Phi) is 4.59. The van der Waals surface area contributed by atoms with Crippen LogP contribution in [0.4, 0.5) is 11.9 Å². The zero-order valence-corrected chi connectivity index (χ0v) is 16.5. The highest BCUT2D eigenvalue weighted by Gasteiger charge is 2.33. The van der Waals surface area contributed by atoms with Crippen molar-refractivity contribution in [1.82, 2.24) is 24.5 Å². The minimum Gasteiger partial charge on any atom is -0.357 e. The van der Waals surface area contributed by atoms with Crippen molar-refractivity contribution in [3.63, 3.8) is 0 Å². The van der Waals surface area contributed by atoms with E-state index in [1.54, 1.807) is 13.4 Å². The molecule has 0 unspecified atom stereocenters. The molecule has 2 aromatic heterocycles. The molecule has 0 atom stereocenters. The number of hydrogen-bond donors (Lipinski definition) is 2. The lowest BCUT2D eigenvalue weighted by Gasteiger charge is -2.31. The van der Waals surface area contributed by atoms with E-state index in [0.29, 0.717) is 17.8 Å². The van der Waals surface area contributed by atoms with E-state index in [1.165, 1.54) is 11.1 Å². The van der Waals surface area contributed by atoms with Gasteiger partial charge in [-0.1, -0.05) is 19.3 Å². The van der Waals surface area contributed by atoms with E-state index >= 15 is 0 Å². The summed E-state index contributed by atoms with van der Waals surface area (Å²) in [4.78, 5) is 18.0. The Labute approximate surface area is 164 Å². The molecule has 144 valence electrons. The first-order chi connectivity index (χ1) is 13.5. The molecule has 2 heterocycles. The molecule has 1 aliphatic carbocycles. The van der Waals surface area contributed by atoms with Crippen LogP contribution in [0.5, 0.6) is 0 Å². The minimum atomic E-state index is -0.618. The highest BCUT2D eigenvalue weighted by atomic mass is 15.3. The SMILES string of the molecule is CNc1nc(NC2(C#N)CCCCC2)nc(-n2cnc3cc(C)c(C)cc32)n1. The van der Waals surface area contributed by atoms with Crippen LogP contribution in [0, 0.1) is 25.2 Å². The van der Waals surface area contributed by atoms with Gasteiger partial charge in [-0.15, -0.1) is 0 Å². The van der Waals surface area contributed by atoms with Crippen LogP contribution < -0.4 is 10.6 Å². The number of rotatable bonds is 4. The van der Waals surface area contributed by atoms with Crippen LogP contribution in [0.15, 0.2) is 18.5 Å². The number of nitrogens with zero attached hydrogens (tertiary/aromatic N) is 6. The van der Waals surface area contributed by atoms with Crippen LogP contribution in [0.25, 0.3) is 17.0 Å². The highest BCUT2D eigenvalue weighted by Crippen LogP contribution is 2.30. The molecule has 1 aliphatic rings. The number of benzene rings is 1. The summed E-state index contributed by atoms with van der Waals surface area (Å²) in [6.07, 6.45) is 6.54. The van der Waals surface area contributed by atoms with Gasteiger partial charge in [0.25, 0.3) is 0 Å². The lowest BCUT2D eigenvalue weighted by atomic mass is 9.83. The molecule has 1 fully saturated rings. The summed E-state index contributed by atoms with van der Waals surface area (Å²) in [5.41, 5.74) is 3.59. The number of aryl methyl sites for hydroxylation is 2. The van der Waals surface area contributed by atoms with Gasteiger partial charge in [0.05, 0.1) is 17.1 Å². The first-order valence-electron chi connectivity index (χ1n) is 9.61. The summed E-state index contributed by atoms with van der Waals surface area (Å²) in [7, 11) is 1.77. The van der Waals surface area contributed by atoms with Gasteiger partial charge in [-0.25, -0.2) is 4.98 Å². The molecule has 8 nitrogen and oxygen atoms in total. The van der Waals surface area contributed by atoms with Crippen molar-refractivity contribution in [2.75, 3.05) is 17.7 Å². The lowest BCUT2D eigenvalue weighted by molar-refractivity contribution is 0.390. The van der Waals surface area contributed by atoms with Crippen LogP contribution in [0.1, 0.15) is 43.2 Å². The molecule has 0 radical (unpaired) electrons. The molecule has 0 bridgehead atoms. The van der Waals surface area contributed by atoms with Gasteiger partial charge in [0.2, 0.25) is 17.8 Å². The molecule has 8 heteroatoms.